The van der Waals surface area contributed by atoms with Gasteiger partial charge in [0.15, 0.2) is 0 Å². The van der Waals surface area contributed by atoms with E-state index in [0.717, 1.165) is 11.1 Å². The molecule has 0 saturated carbocycles. The second-order valence-corrected chi connectivity index (χ2v) is 12.3. The largest absolute Gasteiger partial charge is 0.322 e. The number of rotatable bonds is 8. The molecule has 196 valence electrons. The normalized spacial score (nSPS) is 11.6. The summed E-state index contributed by atoms with van der Waals surface area (Å²) in [5.41, 5.74) is 3.99. The molecule has 0 unspecified atom stereocenters. The average Bonchev–Trinajstić information content (AvgIpc) is 2.85. The third kappa shape index (κ3) is 6.39. The van der Waals surface area contributed by atoms with Gasteiger partial charge >= 0.3 is 0 Å². The van der Waals surface area contributed by atoms with Crippen molar-refractivity contribution in [1.82, 2.24) is 0 Å². The first-order valence-electron chi connectivity index (χ1n) is 11.6. The van der Waals surface area contributed by atoms with Gasteiger partial charge in [-0.1, -0.05) is 29.8 Å². The molecule has 0 heterocycles. The zero-order valence-electron chi connectivity index (χ0n) is 21.0. The molecular weight excluding hydrogens is 522 g/mol. The fourth-order valence-corrected chi connectivity index (χ4v) is 5.86. The Bertz CT molecular complexity index is 1700. The maximum atomic E-state index is 12.8. The van der Waals surface area contributed by atoms with Gasteiger partial charge in [-0.15, -0.1) is 0 Å². The number of sulfonamides is 2. The molecule has 0 atom stereocenters. The summed E-state index contributed by atoms with van der Waals surface area (Å²) >= 11 is 0. The Labute approximate surface area is 222 Å². The lowest BCUT2D eigenvalue weighted by atomic mass is 10.1. The molecule has 4 aromatic carbocycles. The van der Waals surface area contributed by atoms with Gasteiger partial charge in [0.2, 0.25) is 0 Å². The van der Waals surface area contributed by atoms with Gasteiger partial charge in [-0.2, -0.15) is 0 Å². The van der Waals surface area contributed by atoms with E-state index in [2.05, 4.69) is 14.8 Å². The summed E-state index contributed by atoms with van der Waals surface area (Å²) in [6, 6.07) is 24.0. The van der Waals surface area contributed by atoms with E-state index in [-0.39, 0.29) is 9.79 Å². The third-order valence-corrected chi connectivity index (χ3v) is 8.54. The van der Waals surface area contributed by atoms with E-state index >= 15 is 0 Å². The lowest BCUT2D eigenvalue weighted by Crippen LogP contribution is -2.16. The van der Waals surface area contributed by atoms with Crippen LogP contribution in [0.5, 0.6) is 0 Å². The number of nitrogens with one attached hydrogen (secondary N) is 3. The van der Waals surface area contributed by atoms with Crippen LogP contribution in [0.3, 0.4) is 0 Å². The molecule has 0 aliphatic rings. The molecule has 0 aromatic heterocycles. The molecule has 0 fully saturated rings. The molecule has 0 aliphatic heterocycles. The van der Waals surface area contributed by atoms with Crippen molar-refractivity contribution >= 4 is 43.0 Å². The van der Waals surface area contributed by atoms with Crippen LogP contribution in [0.15, 0.2) is 101 Å². The second kappa shape index (κ2) is 10.7. The number of hydrogen-bond acceptors (Lipinski definition) is 5. The molecule has 1 amide bonds. The number of benzene rings is 4. The summed E-state index contributed by atoms with van der Waals surface area (Å²) in [5.74, 6) is -0.422. The molecule has 0 radical (unpaired) electrons. The van der Waals surface area contributed by atoms with Gasteiger partial charge in [0, 0.05) is 16.9 Å². The highest BCUT2D eigenvalue weighted by molar-refractivity contribution is 7.93. The van der Waals surface area contributed by atoms with Crippen LogP contribution in [0.4, 0.5) is 17.1 Å². The van der Waals surface area contributed by atoms with Crippen LogP contribution < -0.4 is 14.8 Å². The standard InChI is InChI=1S/C28H27N3O5S2/c1-19-7-12-25(13-8-19)38(35,36)31-27-16-9-22(18-21(27)3)28(32)29-23-10-14-26(15-11-23)37(33,34)30-24-6-4-5-20(2)17-24/h4-18,30-31H,1-3H3,(H,29,32). The molecule has 0 saturated heterocycles. The number of hydrogen-bond donors (Lipinski definition) is 3. The monoisotopic (exact) mass is 549 g/mol. The number of amides is 1. The summed E-state index contributed by atoms with van der Waals surface area (Å²) < 4.78 is 55.9. The van der Waals surface area contributed by atoms with E-state index < -0.39 is 26.0 Å². The predicted molar refractivity (Wildman–Crippen MR) is 150 cm³/mol. The lowest BCUT2D eigenvalue weighted by molar-refractivity contribution is 0.102. The molecule has 10 heteroatoms. The molecule has 3 N–H and O–H groups in total. The van der Waals surface area contributed by atoms with Crippen molar-refractivity contribution in [3.05, 3.63) is 113 Å². The average molecular weight is 550 g/mol. The molecule has 4 rings (SSSR count). The molecule has 0 aliphatic carbocycles. The number of aryl methyl sites for hydroxylation is 3. The van der Waals surface area contributed by atoms with E-state index in [9.17, 15) is 21.6 Å². The van der Waals surface area contributed by atoms with E-state index in [1.165, 1.54) is 48.5 Å². The van der Waals surface area contributed by atoms with Gasteiger partial charge in [-0.25, -0.2) is 16.8 Å². The second-order valence-electron chi connectivity index (χ2n) is 8.90. The van der Waals surface area contributed by atoms with Gasteiger partial charge < -0.3 is 5.32 Å². The smallest absolute Gasteiger partial charge is 0.261 e. The highest BCUT2D eigenvalue weighted by Gasteiger charge is 2.17. The number of carbonyl (C=O) groups excluding carboxylic acids is 1. The van der Waals surface area contributed by atoms with Crippen molar-refractivity contribution in [2.75, 3.05) is 14.8 Å². The molecule has 4 aromatic rings. The number of carbonyl (C=O) groups is 1. The highest BCUT2D eigenvalue weighted by Crippen LogP contribution is 2.23. The Morgan fingerprint density at radius 2 is 1.21 bits per heavy atom. The third-order valence-electron chi connectivity index (χ3n) is 5.76. The Hall–Kier alpha value is -4.15. The molecule has 8 nitrogen and oxygen atoms in total. The quantitative estimate of drug-likeness (QED) is 0.269. The fraction of sp³-hybridized carbons (Fsp3) is 0.107. The summed E-state index contributed by atoms with van der Waals surface area (Å²) in [7, 11) is -7.57. The van der Waals surface area contributed by atoms with E-state index in [1.54, 1.807) is 43.3 Å². The molecule has 38 heavy (non-hydrogen) atoms. The minimum Gasteiger partial charge on any atom is -0.322 e. The van der Waals surface area contributed by atoms with Crippen LogP contribution in [0, 0.1) is 20.8 Å². The van der Waals surface area contributed by atoms with Crippen molar-refractivity contribution in [2.45, 2.75) is 30.6 Å². The van der Waals surface area contributed by atoms with E-state index in [1.807, 2.05) is 19.9 Å². The maximum absolute atomic E-state index is 12.8. The first-order valence-corrected chi connectivity index (χ1v) is 14.6. The topological polar surface area (TPSA) is 121 Å². The summed E-state index contributed by atoms with van der Waals surface area (Å²) in [4.78, 5) is 13.0. The van der Waals surface area contributed by atoms with Crippen molar-refractivity contribution < 1.29 is 21.6 Å². The SMILES string of the molecule is Cc1ccc(S(=O)(=O)Nc2ccc(C(=O)Nc3ccc(S(=O)(=O)Nc4cccc(C)c4)cc3)cc2C)cc1. The molecular formula is C28H27N3O5S2. The Balaban J connectivity index is 1.43. The zero-order chi connectivity index (χ0) is 27.5. The van der Waals surface area contributed by atoms with Crippen molar-refractivity contribution in [3.8, 4) is 0 Å². The first-order chi connectivity index (χ1) is 17.9. The maximum Gasteiger partial charge on any atom is 0.261 e. The Morgan fingerprint density at radius 3 is 1.82 bits per heavy atom. The van der Waals surface area contributed by atoms with Crippen LogP contribution in [-0.2, 0) is 20.0 Å². The lowest BCUT2D eigenvalue weighted by Gasteiger charge is -2.13. The van der Waals surface area contributed by atoms with E-state index in [0.29, 0.717) is 28.2 Å². The zero-order valence-corrected chi connectivity index (χ0v) is 22.7. The minimum absolute atomic E-state index is 0.0538. The summed E-state index contributed by atoms with van der Waals surface area (Å²) in [5, 5.41) is 2.73. The van der Waals surface area contributed by atoms with Crippen molar-refractivity contribution in [3.63, 3.8) is 0 Å². The summed E-state index contributed by atoms with van der Waals surface area (Å²) in [6.45, 7) is 5.44. The van der Waals surface area contributed by atoms with Crippen LogP contribution >= 0.6 is 0 Å². The minimum atomic E-state index is -3.79. The Morgan fingerprint density at radius 1 is 0.605 bits per heavy atom. The fourth-order valence-electron chi connectivity index (χ4n) is 3.68. The van der Waals surface area contributed by atoms with Gasteiger partial charge in [0.1, 0.15) is 0 Å². The predicted octanol–water partition coefficient (Wildman–Crippen LogP) is 5.47. The van der Waals surface area contributed by atoms with E-state index in [4.69, 9.17) is 0 Å². The van der Waals surface area contributed by atoms with Crippen LogP contribution in [0.2, 0.25) is 0 Å². The van der Waals surface area contributed by atoms with Crippen LogP contribution in [0.25, 0.3) is 0 Å². The Kier molecular flexibility index (Phi) is 7.56. The van der Waals surface area contributed by atoms with Crippen molar-refractivity contribution in [1.29, 1.82) is 0 Å². The van der Waals surface area contributed by atoms with Crippen molar-refractivity contribution in [2.24, 2.45) is 0 Å². The molecule has 0 bridgehead atoms. The first kappa shape index (κ1) is 26.9. The summed E-state index contributed by atoms with van der Waals surface area (Å²) in [6.07, 6.45) is 0. The van der Waals surface area contributed by atoms with Crippen LogP contribution in [-0.4, -0.2) is 22.7 Å². The van der Waals surface area contributed by atoms with Crippen LogP contribution in [0.1, 0.15) is 27.0 Å². The highest BCUT2D eigenvalue weighted by atomic mass is 32.2. The van der Waals surface area contributed by atoms with Gasteiger partial charge in [0.25, 0.3) is 26.0 Å². The van der Waals surface area contributed by atoms with Gasteiger partial charge in [0.05, 0.1) is 15.5 Å². The number of anilines is 3. The molecule has 0 spiro atoms. The van der Waals surface area contributed by atoms with Gasteiger partial charge in [-0.05, 0) is 98.6 Å². The van der Waals surface area contributed by atoms with Gasteiger partial charge in [-0.3, -0.25) is 14.2 Å².